The number of benzene rings is 1. The summed E-state index contributed by atoms with van der Waals surface area (Å²) in [4.78, 5) is 27.2. The molecule has 8 heteroatoms. The molecule has 0 radical (unpaired) electrons. The second kappa shape index (κ2) is 6.68. The Morgan fingerprint density at radius 2 is 2.19 bits per heavy atom. The summed E-state index contributed by atoms with van der Waals surface area (Å²) in [7, 11) is 0. The Kier molecular flexibility index (Phi) is 4.92. The number of amides is 2. The van der Waals surface area contributed by atoms with Crippen LogP contribution in [-0.4, -0.2) is 22.1 Å². The molecule has 2 aromatic rings. The summed E-state index contributed by atoms with van der Waals surface area (Å²) in [5.41, 5.74) is 1.02. The number of aryl methyl sites for hydroxylation is 1. The zero-order valence-corrected chi connectivity index (χ0v) is 13.4. The minimum atomic E-state index is -1.11. The number of nitrogens with one attached hydrogen (secondary N) is 2. The van der Waals surface area contributed by atoms with Gasteiger partial charge in [0.05, 0.1) is 28.5 Å². The van der Waals surface area contributed by atoms with E-state index in [1.807, 2.05) is 12.3 Å². The van der Waals surface area contributed by atoms with Crippen molar-refractivity contribution in [3.8, 4) is 0 Å². The number of aromatic nitrogens is 1. The fraction of sp³-hybridized carbons (Fsp3) is 0.154. The highest BCUT2D eigenvalue weighted by atomic mass is 79.9. The van der Waals surface area contributed by atoms with Crippen LogP contribution < -0.4 is 10.6 Å². The average Bonchev–Trinajstić information content (AvgIpc) is 2.84. The lowest BCUT2D eigenvalue weighted by Crippen LogP contribution is -2.29. The summed E-state index contributed by atoms with van der Waals surface area (Å²) >= 11 is 4.70. The minimum Gasteiger partial charge on any atom is -0.478 e. The third-order valence-electron chi connectivity index (χ3n) is 2.56. The molecule has 0 aliphatic rings. The molecule has 0 unspecified atom stereocenters. The Morgan fingerprint density at radius 1 is 1.43 bits per heavy atom. The topological polar surface area (TPSA) is 91.3 Å². The Balaban J connectivity index is 2.01. The molecule has 110 valence electrons. The number of carboxylic acid groups (broad SMARTS) is 1. The van der Waals surface area contributed by atoms with Gasteiger partial charge in [0, 0.05) is 9.85 Å². The van der Waals surface area contributed by atoms with Crippen molar-refractivity contribution in [1.82, 2.24) is 10.3 Å². The van der Waals surface area contributed by atoms with Gasteiger partial charge in [-0.15, -0.1) is 11.3 Å². The van der Waals surface area contributed by atoms with Crippen molar-refractivity contribution < 1.29 is 14.7 Å². The Hall–Kier alpha value is -1.93. The highest BCUT2D eigenvalue weighted by Gasteiger charge is 2.13. The van der Waals surface area contributed by atoms with Gasteiger partial charge in [-0.25, -0.2) is 14.6 Å². The summed E-state index contributed by atoms with van der Waals surface area (Å²) in [6.45, 7) is 2.17. The number of anilines is 1. The molecule has 0 saturated carbocycles. The molecule has 2 amide bonds. The number of thiazole rings is 1. The van der Waals surface area contributed by atoms with Crippen LogP contribution in [0.5, 0.6) is 0 Å². The quantitative estimate of drug-likeness (QED) is 0.771. The van der Waals surface area contributed by atoms with Crippen LogP contribution in [0.3, 0.4) is 0 Å². The predicted octanol–water partition coefficient (Wildman–Crippen LogP) is 3.23. The van der Waals surface area contributed by atoms with Gasteiger partial charge in [0.1, 0.15) is 0 Å². The van der Waals surface area contributed by atoms with Gasteiger partial charge in [-0.2, -0.15) is 0 Å². The third-order valence-corrected chi connectivity index (χ3v) is 3.87. The number of carbonyl (C=O) groups is 2. The molecule has 1 aromatic carbocycles. The van der Waals surface area contributed by atoms with Crippen molar-refractivity contribution in [2.75, 3.05) is 5.32 Å². The van der Waals surface area contributed by atoms with Crippen LogP contribution >= 0.6 is 27.3 Å². The maximum absolute atomic E-state index is 11.8. The molecule has 0 bridgehead atoms. The number of hydrogen-bond acceptors (Lipinski definition) is 4. The van der Waals surface area contributed by atoms with E-state index in [0.29, 0.717) is 4.47 Å². The molecule has 2 rings (SSSR count). The summed E-state index contributed by atoms with van der Waals surface area (Å²) in [6.07, 6.45) is 0. The van der Waals surface area contributed by atoms with Crippen molar-refractivity contribution >= 4 is 45.0 Å². The van der Waals surface area contributed by atoms with E-state index in [4.69, 9.17) is 5.11 Å². The molecule has 0 saturated heterocycles. The van der Waals surface area contributed by atoms with Gasteiger partial charge in [-0.3, -0.25) is 0 Å². The van der Waals surface area contributed by atoms with E-state index in [2.05, 4.69) is 31.5 Å². The molecular formula is C13H12BrN3O3S. The molecule has 3 N–H and O–H groups in total. The Morgan fingerprint density at radius 3 is 2.81 bits per heavy atom. The molecule has 1 aromatic heterocycles. The van der Waals surface area contributed by atoms with Crippen molar-refractivity contribution in [1.29, 1.82) is 0 Å². The van der Waals surface area contributed by atoms with E-state index in [1.54, 1.807) is 6.07 Å². The Labute approximate surface area is 133 Å². The number of rotatable bonds is 4. The van der Waals surface area contributed by atoms with E-state index in [0.717, 1.165) is 10.7 Å². The standard InChI is InChI=1S/C13H12BrN3O3S/c1-7-16-9(6-21-7)5-15-13(20)17-11-3-2-8(14)4-10(11)12(18)19/h2-4,6H,5H2,1H3,(H,18,19)(H2,15,17,20). The fourth-order valence-electron chi connectivity index (χ4n) is 1.63. The van der Waals surface area contributed by atoms with Crippen LogP contribution in [0.25, 0.3) is 0 Å². The van der Waals surface area contributed by atoms with Crippen molar-refractivity contribution in [2.45, 2.75) is 13.5 Å². The molecule has 6 nitrogen and oxygen atoms in total. The first kappa shape index (κ1) is 15.5. The SMILES string of the molecule is Cc1nc(CNC(=O)Nc2ccc(Br)cc2C(=O)O)cs1. The van der Waals surface area contributed by atoms with Gasteiger partial charge in [0.15, 0.2) is 0 Å². The molecule has 0 fully saturated rings. The number of hydrogen-bond donors (Lipinski definition) is 3. The number of aromatic carboxylic acids is 1. The average molecular weight is 370 g/mol. The number of carbonyl (C=O) groups excluding carboxylic acids is 1. The van der Waals surface area contributed by atoms with Crippen LogP contribution in [0.1, 0.15) is 21.1 Å². The first-order chi connectivity index (χ1) is 9.95. The lowest BCUT2D eigenvalue weighted by atomic mass is 10.2. The highest BCUT2D eigenvalue weighted by Crippen LogP contribution is 2.21. The molecule has 0 atom stereocenters. The second-order valence-electron chi connectivity index (χ2n) is 4.16. The molecule has 0 aliphatic carbocycles. The first-order valence-electron chi connectivity index (χ1n) is 5.94. The van der Waals surface area contributed by atoms with Gasteiger partial charge >= 0.3 is 12.0 Å². The zero-order valence-electron chi connectivity index (χ0n) is 11.0. The van der Waals surface area contributed by atoms with Crippen LogP contribution in [-0.2, 0) is 6.54 Å². The van der Waals surface area contributed by atoms with Crippen LogP contribution in [0, 0.1) is 6.92 Å². The van der Waals surface area contributed by atoms with Crippen LogP contribution in [0.15, 0.2) is 28.1 Å². The van der Waals surface area contributed by atoms with Crippen molar-refractivity contribution in [2.24, 2.45) is 0 Å². The van der Waals surface area contributed by atoms with Gasteiger partial charge < -0.3 is 15.7 Å². The van der Waals surface area contributed by atoms with Gasteiger partial charge in [-0.05, 0) is 25.1 Å². The lowest BCUT2D eigenvalue weighted by Gasteiger charge is -2.09. The smallest absolute Gasteiger partial charge is 0.337 e. The molecular weight excluding hydrogens is 358 g/mol. The first-order valence-corrected chi connectivity index (χ1v) is 7.61. The minimum absolute atomic E-state index is 0.0176. The summed E-state index contributed by atoms with van der Waals surface area (Å²) in [6, 6.07) is 4.14. The van der Waals surface area contributed by atoms with Gasteiger partial charge in [0.25, 0.3) is 0 Å². The summed E-state index contributed by atoms with van der Waals surface area (Å²) < 4.78 is 0.629. The number of urea groups is 1. The molecule has 1 heterocycles. The molecule has 0 spiro atoms. The third kappa shape index (κ3) is 4.27. The zero-order chi connectivity index (χ0) is 15.4. The van der Waals surface area contributed by atoms with E-state index >= 15 is 0 Å². The van der Waals surface area contributed by atoms with Crippen LogP contribution in [0.4, 0.5) is 10.5 Å². The highest BCUT2D eigenvalue weighted by molar-refractivity contribution is 9.10. The predicted molar refractivity (Wildman–Crippen MR) is 83.8 cm³/mol. The van der Waals surface area contributed by atoms with E-state index in [1.165, 1.54) is 23.5 Å². The van der Waals surface area contributed by atoms with E-state index in [9.17, 15) is 9.59 Å². The maximum atomic E-state index is 11.8. The van der Waals surface area contributed by atoms with Crippen molar-refractivity contribution in [3.05, 3.63) is 44.3 Å². The van der Waals surface area contributed by atoms with E-state index in [-0.39, 0.29) is 17.8 Å². The summed E-state index contributed by atoms with van der Waals surface area (Å²) in [5.74, 6) is -1.11. The monoisotopic (exact) mass is 369 g/mol. The maximum Gasteiger partial charge on any atom is 0.337 e. The summed E-state index contributed by atoms with van der Waals surface area (Å²) in [5, 5.41) is 17.0. The van der Waals surface area contributed by atoms with Crippen LogP contribution in [0.2, 0.25) is 0 Å². The van der Waals surface area contributed by atoms with Gasteiger partial charge in [-0.1, -0.05) is 15.9 Å². The number of halogens is 1. The largest absolute Gasteiger partial charge is 0.478 e. The number of carboxylic acids is 1. The second-order valence-corrected chi connectivity index (χ2v) is 6.14. The number of nitrogens with zero attached hydrogens (tertiary/aromatic N) is 1. The normalized spacial score (nSPS) is 10.2. The van der Waals surface area contributed by atoms with E-state index < -0.39 is 12.0 Å². The lowest BCUT2D eigenvalue weighted by molar-refractivity contribution is 0.0698. The Bertz CT molecular complexity index is 687. The molecule has 21 heavy (non-hydrogen) atoms. The van der Waals surface area contributed by atoms with Crippen molar-refractivity contribution in [3.63, 3.8) is 0 Å². The molecule has 0 aliphatic heterocycles. The van der Waals surface area contributed by atoms with Gasteiger partial charge in [0.2, 0.25) is 0 Å². The fourth-order valence-corrected chi connectivity index (χ4v) is 2.60.